The van der Waals surface area contributed by atoms with Crippen LogP contribution in [0.4, 0.5) is 11.6 Å². The van der Waals surface area contributed by atoms with Gasteiger partial charge in [0.05, 0.1) is 16.9 Å². The summed E-state index contributed by atoms with van der Waals surface area (Å²) >= 11 is 0. The molecule has 0 unspecified atom stereocenters. The van der Waals surface area contributed by atoms with Gasteiger partial charge in [0.15, 0.2) is 5.82 Å². The number of nitrogens with zero attached hydrogens (tertiary/aromatic N) is 5. The number of nitrogens with one attached hydrogen (secondary N) is 1. The van der Waals surface area contributed by atoms with Crippen molar-refractivity contribution in [1.82, 2.24) is 24.7 Å². The summed E-state index contributed by atoms with van der Waals surface area (Å²) < 4.78 is 1.84. The molecule has 6 heteroatoms. The second-order valence-electron chi connectivity index (χ2n) is 8.14. The Morgan fingerprint density at radius 2 is 1.62 bits per heavy atom. The van der Waals surface area contributed by atoms with Gasteiger partial charge in [0.2, 0.25) is 0 Å². The molecule has 0 aliphatic carbocycles. The molecule has 5 rings (SSSR count). The molecule has 0 bridgehead atoms. The van der Waals surface area contributed by atoms with Crippen LogP contribution in [0.2, 0.25) is 0 Å². The van der Waals surface area contributed by atoms with E-state index in [0.29, 0.717) is 5.82 Å². The number of benzene rings is 2. The fourth-order valence-electron chi connectivity index (χ4n) is 4.02. The third-order valence-corrected chi connectivity index (χ3v) is 5.48. The first-order valence-corrected chi connectivity index (χ1v) is 10.6. The Morgan fingerprint density at radius 1 is 0.812 bits per heavy atom. The van der Waals surface area contributed by atoms with E-state index in [1.165, 1.54) is 16.5 Å². The minimum Gasteiger partial charge on any atom is -0.325 e. The lowest BCUT2D eigenvalue weighted by molar-refractivity contribution is 0.842. The molecule has 1 N–H and O–H groups in total. The number of hydrogen-bond donors (Lipinski definition) is 1. The molecule has 3 heterocycles. The van der Waals surface area contributed by atoms with Crippen molar-refractivity contribution in [2.45, 2.75) is 27.7 Å². The van der Waals surface area contributed by atoms with E-state index >= 15 is 0 Å². The van der Waals surface area contributed by atoms with Gasteiger partial charge in [-0.3, -0.25) is 0 Å². The van der Waals surface area contributed by atoms with Crippen LogP contribution in [0, 0.1) is 27.7 Å². The van der Waals surface area contributed by atoms with Crippen molar-refractivity contribution in [1.29, 1.82) is 0 Å². The van der Waals surface area contributed by atoms with E-state index in [1.807, 2.05) is 54.1 Å². The van der Waals surface area contributed by atoms with Gasteiger partial charge in [-0.1, -0.05) is 42.0 Å². The highest BCUT2D eigenvalue weighted by atomic mass is 15.4. The zero-order valence-electron chi connectivity index (χ0n) is 18.6. The Hall–Kier alpha value is -4.06. The maximum Gasteiger partial charge on any atom is 0.156 e. The molecule has 32 heavy (non-hydrogen) atoms. The van der Waals surface area contributed by atoms with E-state index in [4.69, 9.17) is 10.1 Å². The van der Waals surface area contributed by atoms with Crippen LogP contribution in [-0.2, 0) is 0 Å². The van der Waals surface area contributed by atoms with Crippen molar-refractivity contribution in [3.63, 3.8) is 0 Å². The number of fused-ring (bicyclic) bond motifs is 1. The third-order valence-electron chi connectivity index (χ3n) is 5.48. The van der Waals surface area contributed by atoms with Crippen LogP contribution >= 0.6 is 0 Å². The van der Waals surface area contributed by atoms with Crippen LogP contribution in [0.5, 0.6) is 0 Å². The zero-order valence-corrected chi connectivity index (χ0v) is 18.6. The first-order valence-electron chi connectivity index (χ1n) is 10.6. The summed E-state index contributed by atoms with van der Waals surface area (Å²) in [5.41, 5.74) is 7.36. The van der Waals surface area contributed by atoms with Crippen LogP contribution in [0.1, 0.15) is 22.4 Å². The smallest absolute Gasteiger partial charge is 0.156 e. The Labute approximate surface area is 187 Å². The van der Waals surface area contributed by atoms with E-state index in [9.17, 15) is 0 Å². The minimum atomic E-state index is 0.698. The van der Waals surface area contributed by atoms with Gasteiger partial charge in [-0.2, -0.15) is 9.78 Å². The van der Waals surface area contributed by atoms with Gasteiger partial charge in [-0.15, -0.1) is 0 Å². The lowest BCUT2D eigenvalue weighted by Gasteiger charge is -2.13. The van der Waals surface area contributed by atoms with E-state index in [1.54, 1.807) is 6.33 Å². The molecule has 0 saturated heterocycles. The van der Waals surface area contributed by atoms with Gasteiger partial charge >= 0.3 is 0 Å². The lowest BCUT2D eigenvalue weighted by atomic mass is 10.0. The van der Waals surface area contributed by atoms with Crippen molar-refractivity contribution in [3.8, 4) is 17.1 Å². The molecule has 0 fully saturated rings. The monoisotopic (exact) mass is 420 g/mol. The van der Waals surface area contributed by atoms with Crippen LogP contribution in [-0.4, -0.2) is 24.7 Å². The number of aryl methyl sites for hydroxylation is 4. The topological polar surface area (TPSA) is 68.5 Å². The maximum atomic E-state index is 4.96. The van der Waals surface area contributed by atoms with Crippen molar-refractivity contribution >= 4 is 22.5 Å². The highest BCUT2D eigenvalue weighted by molar-refractivity contribution is 5.86. The molecule has 0 spiro atoms. The molecule has 158 valence electrons. The highest BCUT2D eigenvalue weighted by Gasteiger charge is 2.13. The Morgan fingerprint density at radius 3 is 2.44 bits per heavy atom. The number of pyridine rings is 1. The Kier molecular flexibility index (Phi) is 4.90. The normalized spacial score (nSPS) is 11.1. The van der Waals surface area contributed by atoms with E-state index in [0.717, 1.165) is 39.7 Å². The molecule has 2 aromatic carbocycles. The van der Waals surface area contributed by atoms with Gasteiger partial charge in [0.25, 0.3) is 0 Å². The van der Waals surface area contributed by atoms with E-state index in [-0.39, 0.29) is 0 Å². The summed E-state index contributed by atoms with van der Waals surface area (Å²) in [5.74, 6) is 2.27. The Bertz CT molecular complexity index is 1440. The van der Waals surface area contributed by atoms with Crippen LogP contribution in [0.3, 0.4) is 0 Å². The van der Waals surface area contributed by atoms with Crippen molar-refractivity contribution in [2.75, 3.05) is 5.32 Å². The van der Waals surface area contributed by atoms with Crippen LogP contribution in [0.15, 0.2) is 67.0 Å². The quantitative estimate of drug-likeness (QED) is 0.395. The first kappa shape index (κ1) is 19.9. The molecular weight excluding hydrogens is 396 g/mol. The predicted molar refractivity (Wildman–Crippen MR) is 129 cm³/mol. The molecular formula is C26H24N6. The molecule has 0 radical (unpaired) electrons. The fraction of sp³-hybridized carbons (Fsp3) is 0.154. The number of rotatable bonds is 4. The average Bonchev–Trinajstić information content (AvgIpc) is 3.15. The number of anilines is 2. The van der Waals surface area contributed by atoms with Crippen molar-refractivity contribution in [2.24, 2.45) is 0 Å². The molecule has 0 amide bonds. The predicted octanol–water partition coefficient (Wildman–Crippen LogP) is 5.85. The summed E-state index contributed by atoms with van der Waals surface area (Å²) in [5, 5.41) is 9.28. The summed E-state index contributed by atoms with van der Waals surface area (Å²) in [6.07, 6.45) is 1.57. The minimum absolute atomic E-state index is 0.698. The van der Waals surface area contributed by atoms with Gasteiger partial charge in [0.1, 0.15) is 18.0 Å². The lowest BCUT2D eigenvalue weighted by Crippen LogP contribution is -2.07. The van der Waals surface area contributed by atoms with E-state index < -0.39 is 0 Å². The molecule has 5 aromatic rings. The summed E-state index contributed by atoms with van der Waals surface area (Å²) in [4.78, 5) is 13.8. The fourth-order valence-corrected chi connectivity index (χ4v) is 4.02. The molecule has 0 saturated carbocycles. The van der Waals surface area contributed by atoms with E-state index in [2.05, 4.69) is 54.3 Å². The first-order chi connectivity index (χ1) is 15.5. The second kappa shape index (κ2) is 7.89. The van der Waals surface area contributed by atoms with Crippen molar-refractivity contribution < 1.29 is 0 Å². The van der Waals surface area contributed by atoms with Crippen molar-refractivity contribution in [3.05, 3.63) is 89.4 Å². The zero-order chi connectivity index (χ0) is 22.2. The molecule has 0 aliphatic heterocycles. The number of hydrogen-bond acceptors (Lipinski definition) is 5. The van der Waals surface area contributed by atoms with Gasteiger partial charge in [-0.05, 0) is 51.0 Å². The highest BCUT2D eigenvalue weighted by Crippen LogP contribution is 2.27. The largest absolute Gasteiger partial charge is 0.325 e. The van der Waals surface area contributed by atoms with Gasteiger partial charge < -0.3 is 5.32 Å². The van der Waals surface area contributed by atoms with Gasteiger partial charge in [0, 0.05) is 23.1 Å². The molecule has 3 aromatic heterocycles. The Balaban J connectivity index is 1.56. The molecule has 0 atom stereocenters. The van der Waals surface area contributed by atoms with Crippen LogP contribution in [0.25, 0.3) is 28.0 Å². The van der Waals surface area contributed by atoms with Gasteiger partial charge in [-0.25, -0.2) is 15.0 Å². The van der Waals surface area contributed by atoms with Crippen LogP contribution < -0.4 is 5.32 Å². The molecule has 0 aliphatic rings. The number of aromatic nitrogens is 5. The second-order valence-corrected chi connectivity index (χ2v) is 8.14. The summed E-state index contributed by atoms with van der Waals surface area (Å²) in [6, 6.07) is 20.4. The average molecular weight is 421 g/mol. The maximum absolute atomic E-state index is 4.96. The SMILES string of the molecule is Cc1cc(C)c2nc(-n3nc(C)cc3Nc3cc(-c4ccccc4)ncn3)cc(C)c2c1. The summed E-state index contributed by atoms with van der Waals surface area (Å²) in [7, 11) is 0. The molecule has 6 nitrogen and oxygen atoms in total. The standard InChI is InChI=1S/C26H24N6/c1-16-10-18(3)26-21(11-16)17(2)12-24(30-26)32-25(13-19(4)31-32)29-23-14-22(27-15-28-23)20-8-6-5-7-9-20/h5-15H,1-4H3,(H,27,28,29). The summed E-state index contributed by atoms with van der Waals surface area (Å²) in [6.45, 7) is 8.31. The third kappa shape index (κ3) is 3.71.